The number of hydrogen-bond donors (Lipinski definition) is 0. The van der Waals surface area contributed by atoms with E-state index in [1.54, 1.807) is 0 Å². The Labute approximate surface area is 42.2 Å². The van der Waals surface area contributed by atoms with E-state index < -0.39 is 0 Å². The maximum absolute atomic E-state index is 3.76. The Hall–Kier alpha value is 0.217. The van der Waals surface area contributed by atoms with Crippen LogP contribution < -0.4 is 0 Å². The van der Waals surface area contributed by atoms with Crippen molar-refractivity contribution in [2.24, 2.45) is 0 Å². The molecule has 0 nitrogen and oxygen atoms in total. The summed E-state index contributed by atoms with van der Waals surface area (Å²) in [6.07, 6.45) is 1.14. The Bertz CT molecular complexity index is 25.1. The second-order valence-electron chi connectivity index (χ2n) is 2.04. The first-order valence-corrected chi connectivity index (χ1v) is 5.69. The molecule has 1 heteroatoms. The SMILES string of the molecule is [CH2]CC[SiH](C)C. The highest BCUT2D eigenvalue weighted by atomic mass is 28.3. The van der Waals surface area contributed by atoms with Crippen LogP contribution in [0.15, 0.2) is 0 Å². The van der Waals surface area contributed by atoms with E-state index in [2.05, 4.69) is 20.0 Å². The lowest BCUT2D eigenvalue weighted by Gasteiger charge is -1.93. The van der Waals surface area contributed by atoms with Gasteiger partial charge >= 0.3 is 0 Å². The Kier molecular flexibility index (Phi) is 3.53. The van der Waals surface area contributed by atoms with E-state index in [-0.39, 0.29) is 8.80 Å². The van der Waals surface area contributed by atoms with Gasteiger partial charge in [0.1, 0.15) is 0 Å². The summed E-state index contributed by atoms with van der Waals surface area (Å²) in [5, 5.41) is 0. The molecule has 1 radical (unpaired) electrons. The van der Waals surface area contributed by atoms with Gasteiger partial charge in [0.05, 0.1) is 0 Å². The maximum Gasteiger partial charge on any atom is 0.0305 e. The Morgan fingerprint density at radius 3 is 2.00 bits per heavy atom. The van der Waals surface area contributed by atoms with Gasteiger partial charge in [-0.1, -0.05) is 32.5 Å². The molecule has 0 saturated carbocycles. The first kappa shape index (κ1) is 6.22. The zero-order valence-electron chi connectivity index (χ0n) is 4.70. The minimum Gasteiger partial charge on any atom is -0.0722 e. The van der Waals surface area contributed by atoms with E-state index in [9.17, 15) is 0 Å². The van der Waals surface area contributed by atoms with Gasteiger partial charge in [-0.15, -0.1) is 0 Å². The van der Waals surface area contributed by atoms with Crippen molar-refractivity contribution in [2.75, 3.05) is 0 Å². The standard InChI is InChI=1S/C5H13Si/c1-4-5-6(2)3/h6H,1,4-5H2,2-3H3. The maximum atomic E-state index is 3.76. The third kappa shape index (κ3) is 4.22. The van der Waals surface area contributed by atoms with Gasteiger partial charge in [0.2, 0.25) is 0 Å². The fourth-order valence-corrected chi connectivity index (χ4v) is 1.22. The molecule has 0 spiro atoms. The molecule has 0 rings (SSSR count). The fourth-order valence-electron chi connectivity index (χ4n) is 0.408. The van der Waals surface area contributed by atoms with E-state index in [1.807, 2.05) is 0 Å². The van der Waals surface area contributed by atoms with Crippen LogP contribution in [-0.2, 0) is 0 Å². The molecule has 37 valence electrons. The summed E-state index contributed by atoms with van der Waals surface area (Å²) in [4.78, 5) is 0. The summed E-state index contributed by atoms with van der Waals surface area (Å²) in [5.41, 5.74) is 0. The van der Waals surface area contributed by atoms with Crippen LogP contribution in [0.3, 0.4) is 0 Å². The second kappa shape index (κ2) is 3.41. The third-order valence-corrected chi connectivity index (χ3v) is 2.34. The molecule has 0 amide bonds. The van der Waals surface area contributed by atoms with Gasteiger partial charge in [-0.05, 0) is 0 Å². The highest BCUT2D eigenvalue weighted by Gasteiger charge is 1.88. The molecule has 0 unspecified atom stereocenters. The summed E-state index contributed by atoms with van der Waals surface area (Å²) in [6, 6.07) is 1.40. The molecule has 0 fully saturated rings. The molecule has 0 aromatic carbocycles. The summed E-state index contributed by atoms with van der Waals surface area (Å²) < 4.78 is 0. The van der Waals surface area contributed by atoms with E-state index in [4.69, 9.17) is 0 Å². The topological polar surface area (TPSA) is 0 Å². The molecule has 6 heavy (non-hydrogen) atoms. The van der Waals surface area contributed by atoms with Crippen molar-refractivity contribution in [3.63, 3.8) is 0 Å². The minimum atomic E-state index is -0.233. The van der Waals surface area contributed by atoms with Crippen LogP contribution in [-0.4, -0.2) is 8.80 Å². The van der Waals surface area contributed by atoms with Gasteiger partial charge in [-0.2, -0.15) is 0 Å². The summed E-state index contributed by atoms with van der Waals surface area (Å²) in [5.74, 6) is 0. The monoisotopic (exact) mass is 101 g/mol. The van der Waals surface area contributed by atoms with Crippen molar-refractivity contribution >= 4 is 8.80 Å². The molecule has 0 aliphatic heterocycles. The normalized spacial score (nSPS) is 10.0. The molecular weight excluding hydrogens is 88.1 g/mol. The van der Waals surface area contributed by atoms with Crippen LogP contribution in [0.4, 0.5) is 0 Å². The van der Waals surface area contributed by atoms with Crippen molar-refractivity contribution in [2.45, 2.75) is 25.6 Å². The third-order valence-electron chi connectivity index (χ3n) is 0.781. The van der Waals surface area contributed by atoms with Crippen LogP contribution in [0.5, 0.6) is 0 Å². The van der Waals surface area contributed by atoms with E-state index in [1.165, 1.54) is 6.04 Å². The summed E-state index contributed by atoms with van der Waals surface area (Å²) in [6.45, 7) is 8.47. The molecule has 0 bridgehead atoms. The van der Waals surface area contributed by atoms with E-state index >= 15 is 0 Å². The van der Waals surface area contributed by atoms with Gasteiger partial charge in [0.25, 0.3) is 0 Å². The van der Waals surface area contributed by atoms with Gasteiger partial charge in [-0.25, -0.2) is 0 Å². The zero-order chi connectivity index (χ0) is 4.99. The van der Waals surface area contributed by atoms with E-state index in [0.717, 1.165) is 6.42 Å². The molecule has 0 saturated heterocycles. The van der Waals surface area contributed by atoms with Crippen LogP contribution in [0.1, 0.15) is 6.42 Å². The predicted octanol–water partition coefficient (Wildman–Crippen LogP) is 1.70. The fraction of sp³-hybridized carbons (Fsp3) is 0.800. The number of rotatable bonds is 2. The molecule has 0 N–H and O–H groups in total. The summed E-state index contributed by atoms with van der Waals surface area (Å²) in [7, 11) is -0.233. The lowest BCUT2D eigenvalue weighted by molar-refractivity contribution is 1.18. The van der Waals surface area contributed by atoms with Crippen LogP contribution in [0.25, 0.3) is 0 Å². The molecular formula is C5H13Si. The van der Waals surface area contributed by atoms with Crippen molar-refractivity contribution in [3.05, 3.63) is 6.92 Å². The molecule has 0 aromatic heterocycles. The highest BCUT2D eigenvalue weighted by Crippen LogP contribution is 1.92. The first-order chi connectivity index (χ1) is 2.77. The quantitative estimate of drug-likeness (QED) is 0.464. The van der Waals surface area contributed by atoms with Gasteiger partial charge in [0, 0.05) is 8.80 Å². The Morgan fingerprint density at radius 2 is 2.00 bits per heavy atom. The Balaban J connectivity index is 2.63. The molecule has 0 aromatic rings. The highest BCUT2D eigenvalue weighted by molar-refractivity contribution is 6.55. The zero-order valence-corrected chi connectivity index (χ0v) is 5.85. The van der Waals surface area contributed by atoms with Crippen LogP contribution in [0.2, 0.25) is 19.1 Å². The van der Waals surface area contributed by atoms with Crippen molar-refractivity contribution in [1.29, 1.82) is 0 Å². The van der Waals surface area contributed by atoms with Crippen molar-refractivity contribution in [1.82, 2.24) is 0 Å². The molecule has 0 heterocycles. The average molecular weight is 101 g/mol. The van der Waals surface area contributed by atoms with Gasteiger partial charge < -0.3 is 0 Å². The molecule has 0 atom stereocenters. The predicted molar refractivity (Wildman–Crippen MR) is 33.7 cm³/mol. The van der Waals surface area contributed by atoms with Crippen molar-refractivity contribution in [3.8, 4) is 0 Å². The van der Waals surface area contributed by atoms with Crippen LogP contribution >= 0.6 is 0 Å². The van der Waals surface area contributed by atoms with Gasteiger partial charge in [0.15, 0.2) is 0 Å². The van der Waals surface area contributed by atoms with Gasteiger partial charge in [-0.3, -0.25) is 0 Å². The molecule has 0 aliphatic rings. The number of hydrogen-bond acceptors (Lipinski definition) is 0. The lowest BCUT2D eigenvalue weighted by atomic mass is 10.6. The van der Waals surface area contributed by atoms with Crippen molar-refractivity contribution < 1.29 is 0 Å². The van der Waals surface area contributed by atoms with E-state index in [0.29, 0.717) is 0 Å². The molecule has 0 aliphatic carbocycles. The largest absolute Gasteiger partial charge is 0.0722 e. The minimum absolute atomic E-state index is 0.233. The lowest BCUT2D eigenvalue weighted by Crippen LogP contribution is -1.95. The Morgan fingerprint density at radius 1 is 1.50 bits per heavy atom. The average Bonchev–Trinajstić information content (AvgIpc) is 1.35. The summed E-state index contributed by atoms with van der Waals surface area (Å²) >= 11 is 0. The smallest absolute Gasteiger partial charge is 0.0305 e. The first-order valence-electron chi connectivity index (χ1n) is 2.56. The van der Waals surface area contributed by atoms with Crippen LogP contribution in [0, 0.1) is 6.92 Å². The second-order valence-corrected chi connectivity index (χ2v) is 5.40.